The molecule has 1 aliphatic rings. The fourth-order valence-electron chi connectivity index (χ4n) is 3.49. The van der Waals surface area contributed by atoms with Crippen LogP contribution in [-0.4, -0.2) is 26.8 Å². The van der Waals surface area contributed by atoms with Crippen molar-refractivity contribution in [1.29, 1.82) is 0 Å². The number of carbonyl (C=O) groups excluding carboxylic acids is 1. The van der Waals surface area contributed by atoms with Crippen molar-refractivity contribution in [3.05, 3.63) is 75.9 Å². The number of carboxylic acids is 1. The van der Waals surface area contributed by atoms with Crippen LogP contribution in [-0.2, 0) is 18.8 Å². The highest BCUT2D eigenvalue weighted by Crippen LogP contribution is 2.46. The Morgan fingerprint density at radius 2 is 1.85 bits per heavy atom. The maximum absolute atomic E-state index is 13.7. The second-order valence-corrected chi connectivity index (χ2v) is 8.06. The molecule has 1 heterocycles. The van der Waals surface area contributed by atoms with Crippen LogP contribution >= 0.6 is 11.6 Å². The Kier molecular flexibility index (Phi) is 5.57. The maximum Gasteiger partial charge on any atom is 0.436 e. The van der Waals surface area contributed by atoms with Crippen LogP contribution in [0.1, 0.15) is 44.8 Å². The predicted molar refractivity (Wildman–Crippen MR) is 112 cm³/mol. The topological polar surface area (TPSA) is 93.5 Å². The zero-order valence-electron chi connectivity index (χ0n) is 17.1. The monoisotopic (exact) mass is 479 g/mol. The lowest BCUT2D eigenvalue weighted by Gasteiger charge is -2.19. The third-order valence-corrected chi connectivity index (χ3v) is 5.52. The fraction of sp³-hybridized carbons (Fsp3) is 0.227. The highest BCUT2D eigenvalue weighted by molar-refractivity contribution is 6.30. The summed E-state index contributed by atoms with van der Waals surface area (Å²) in [6.45, 7) is 0. The van der Waals surface area contributed by atoms with Crippen LogP contribution in [0.25, 0.3) is 0 Å². The summed E-state index contributed by atoms with van der Waals surface area (Å²) in [5, 5.41) is 15.5. The van der Waals surface area contributed by atoms with Gasteiger partial charge in [-0.05, 0) is 48.7 Å². The summed E-state index contributed by atoms with van der Waals surface area (Å²) in [4.78, 5) is 24.2. The van der Waals surface area contributed by atoms with Gasteiger partial charge in [0.05, 0.1) is 11.1 Å². The predicted octanol–water partition coefficient (Wildman–Crippen LogP) is 5.00. The van der Waals surface area contributed by atoms with Gasteiger partial charge in [0, 0.05) is 12.1 Å². The first-order chi connectivity index (χ1) is 15.5. The van der Waals surface area contributed by atoms with Gasteiger partial charge in [0.25, 0.3) is 5.91 Å². The van der Waals surface area contributed by atoms with Gasteiger partial charge >= 0.3 is 12.1 Å². The normalized spacial score (nSPS) is 14.6. The lowest BCUT2D eigenvalue weighted by molar-refractivity contribution is -0.141. The number of benzene rings is 2. The van der Waals surface area contributed by atoms with E-state index in [0.29, 0.717) is 23.4 Å². The van der Waals surface area contributed by atoms with Gasteiger partial charge in [-0.2, -0.15) is 18.3 Å². The van der Waals surface area contributed by atoms with Crippen LogP contribution < -0.4 is 10.1 Å². The largest absolute Gasteiger partial charge is 0.478 e. The molecule has 172 valence electrons. The van der Waals surface area contributed by atoms with Gasteiger partial charge in [0.1, 0.15) is 11.3 Å². The smallest absolute Gasteiger partial charge is 0.436 e. The Hall–Kier alpha value is -3.53. The van der Waals surface area contributed by atoms with Crippen molar-refractivity contribution >= 4 is 23.5 Å². The number of carboxylic acid groups (broad SMARTS) is 1. The molecule has 1 amide bonds. The highest BCUT2D eigenvalue weighted by Gasteiger charge is 2.49. The molecule has 11 heteroatoms. The van der Waals surface area contributed by atoms with Gasteiger partial charge in [-0.3, -0.25) is 4.79 Å². The molecule has 3 aromatic rings. The summed E-state index contributed by atoms with van der Waals surface area (Å²) in [6, 6.07) is 11.8. The minimum Gasteiger partial charge on any atom is -0.478 e. The third kappa shape index (κ3) is 4.51. The van der Waals surface area contributed by atoms with Crippen LogP contribution in [0.2, 0.25) is 5.02 Å². The third-order valence-electron chi connectivity index (χ3n) is 5.29. The van der Waals surface area contributed by atoms with Crippen molar-refractivity contribution in [3.63, 3.8) is 0 Å². The molecule has 2 N–H and O–H groups in total. The molecule has 4 rings (SSSR count). The van der Waals surface area contributed by atoms with Crippen LogP contribution in [0.5, 0.6) is 11.6 Å². The van der Waals surface area contributed by atoms with Crippen molar-refractivity contribution in [2.45, 2.75) is 24.6 Å². The van der Waals surface area contributed by atoms with Crippen molar-refractivity contribution in [2.75, 3.05) is 0 Å². The minimum atomic E-state index is -4.90. The SMILES string of the molecule is Cn1nc(C(F)(F)F)c(C(=O)NC2(c3ccc(C(=O)O)cc3)CC2)c1Oc1cccc(Cl)c1. The van der Waals surface area contributed by atoms with Crippen LogP contribution in [0.15, 0.2) is 48.5 Å². The Morgan fingerprint density at radius 1 is 1.18 bits per heavy atom. The summed E-state index contributed by atoms with van der Waals surface area (Å²) in [6.07, 6.45) is -3.94. The molecule has 1 aromatic heterocycles. The van der Waals surface area contributed by atoms with E-state index in [-0.39, 0.29) is 17.2 Å². The Balaban J connectivity index is 1.69. The highest BCUT2D eigenvalue weighted by atomic mass is 35.5. The molecule has 33 heavy (non-hydrogen) atoms. The van der Waals surface area contributed by atoms with Gasteiger partial charge in [-0.25, -0.2) is 9.48 Å². The number of aromatic nitrogens is 2. The number of hydrogen-bond acceptors (Lipinski definition) is 4. The molecule has 0 bridgehead atoms. The van der Waals surface area contributed by atoms with Crippen LogP contribution in [0.4, 0.5) is 13.2 Å². The molecule has 1 fully saturated rings. The Bertz CT molecular complexity index is 1230. The van der Waals surface area contributed by atoms with Crippen LogP contribution in [0, 0.1) is 0 Å². The number of ether oxygens (including phenoxy) is 1. The van der Waals surface area contributed by atoms with E-state index >= 15 is 0 Å². The van der Waals surface area contributed by atoms with Gasteiger partial charge in [0.15, 0.2) is 5.69 Å². The van der Waals surface area contributed by atoms with Crippen molar-refractivity contribution in [2.24, 2.45) is 7.05 Å². The summed E-state index contributed by atoms with van der Waals surface area (Å²) in [5.74, 6) is -2.37. The first-order valence-electron chi connectivity index (χ1n) is 9.74. The number of hydrogen-bond donors (Lipinski definition) is 2. The molecule has 0 atom stereocenters. The van der Waals surface area contributed by atoms with E-state index in [4.69, 9.17) is 21.4 Å². The number of alkyl halides is 3. The standard InChI is InChI=1S/C22H17ClF3N3O4/c1-29-19(33-15-4-2-3-14(23)11-15)16(17(28-29)22(24,25)26)18(30)27-21(9-10-21)13-7-5-12(6-8-13)20(31)32/h2-8,11H,9-10H2,1H3,(H,27,30)(H,31,32). The number of rotatable bonds is 6. The van der Waals surface area contributed by atoms with Crippen molar-refractivity contribution < 1.29 is 32.6 Å². The number of nitrogens with one attached hydrogen (secondary N) is 1. The molecule has 0 aliphatic heterocycles. The number of aryl methyl sites for hydroxylation is 1. The van der Waals surface area contributed by atoms with Gasteiger partial charge in [-0.1, -0.05) is 29.8 Å². The molecule has 0 spiro atoms. The molecule has 0 radical (unpaired) electrons. The molecular formula is C22H17ClF3N3O4. The van der Waals surface area contributed by atoms with E-state index in [1.54, 1.807) is 12.1 Å². The lowest BCUT2D eigenvalue weighted by atomic mass is 10.0. The van der Waals surface area contributed by atoms with Crippen LogP contribution in [0.3, 0.4) is 0 Å². The molecule has 7 nitrogen and oxygen atoms in total. The average molecular weight is 480 g/mol. The molecule has 1 aliphatic carbocycles. The Morgan fingerprint density at radius 3 is 2.39 bits per heavy atom. The maximum atomic E-state index is 13.7. The van der Waals surface area contributed by atoms with Gasteiger partial charge in [0.2, 0.25) is 5.88 Å². The average Bonchev–Trinajstić information content (AvgIpc) is 3.44. The fourth-order valence-corrected chi connectivity index (χ4v) is 3.67. The number of carbonyl (C=O) groups is 2. The van der Waals surface area contributed by atoms with Gasteiger partial charge < -0.3 is 15.2 Å². The van der Waals surface area contributed by atoms with E-state index in [1.807, 2.05) is 0 Å². The minimum absolute atomic E-state index is 0.0599. The molecule has 0 unspecified atom stereocenters. The zero-order chi connectivity index (χ0) is 24.0. The number of nitrogens with zero attached hydrogens (tertiary/aromatic N) is 2. The second kappa shape index (κ2) is 8.11. The first kappa shape index (κ1) is 22.7. The lowest BCUT2D eigenvalue weighted by Crippen LogP contribution is -2.36. The van der Waals surface area contributed by atoms with E-state index < -0.39 is 34.8 Å². The molecule has 0 saturated heterocycles. The summed E-state index contributed by atoms with van der Waals surface area (Å²) >= 11 is 5.93. The molecular weight excluding hydrogens is 463 g/mol. The molecule has 1 saturated carbocycles. The summed E-state index contributed by atoms with van der Waals surface area (Å²) in [5.41, 5.74) is -2.38. The second-order valence-electron chi connectivity index (χ2n) is 7.63. The number of aromatic carboxylic acids is 1. The number of halogens is 4. The number of amides is 1. The molecule has 2 aromatic carbocycles. The van der Waals surface area contributed by atoms with E-state index in [2.05, 4.69) is 10.4 Å². The first-order valence-corrected chi connectivity index (χ1v) is 10.1. The Labute approximate surface area is 190 Å². The van der Waals surface area contributed by atoms with Crippen molar-refractivity contribution in [1.82, 2.24) is 15.1 Å². The van der Waals surface area contributed by atoms with E-state index in [1.165, 1.54) is 43.4 Å². The zero-order valence-corrected chi connectivity index (χ0v) is 17.9. The van der Waals surface area contributed by atoms with E-state index in [9.17, 15) is 22.8 Å². The quantitative estimate of drug-likeness (QED) is 0.519. The van der Waals surface area contributed by atoms with Crippen molar-refractivity contribution in [3.8, 4) is 11.6 Å². The van der Waals surface area contributed by atoms with E-state index in [0.717, 1.165) is 4.68 Å². The van der Waals surface area contributed by atoms with Gasteiger partial charge in [-0.15, -0.1) is 0 Å². The summed E-state index contributed by atoms with van der Waals surface area (Å²) < 4.78 is 47.6. The summed E-state index contributed by atoms with van der Waals surface area (Å²) in [7, 11) is 1.24.